The lowest BCUT2D eigenvalue weighted by Gasteiger charge is -2.27. The average Bonchev–Trinajstić information content (AvgIpc) is 3.41. The first-order valence-corrected chi connectivity index (χ1v) is 12.9. The van der Waals surface area contributed by atoms with Crippen molar-refractivity contribution in [2.45, 2.75) is 64.9 Å². The second-order valence-corrected chi connectivity index (χ2v) is 10.2. The summed E-state index contributed by atoms with van der Waals surface area (Å²) in [5.74, 6) is -1.54. The number of carbonyl (C=O) groups is 3. The number of hydrogen-bond acceptors (Lipinski definition) is 6. The van der Waals surface area contributed by atoms with Gasteiger partial charge in [0.05, 0.1) is 12.2 Å². The molecule has 0 radical (unpaired) electrons. The summed E-state index contributed by atoms with van der Waals surface area (Å²) in [6, 6.07) is 15.1. The topological polar surface area (TPSA) is 137 Å². The van der Waals surface area contributed by atoms with E-state index in [1.54, 1.807) is 35.4 Å². The third-order valence-electron chi connectivity index (χ3n) is 5.75. The lowest BCUT2D eigenvalue weighted by atomic mass is 10.1. The molecular formula is C29H37N5O5. The Morgan fingerprint density at radius 1 is 1.05 bits per heavy atom. The molecule has 0 aliphatic rings. The van der Waals surface area contributed by atoms with Crippen LogP contribution in [0.5, 0.6) is 0 Å². The Hall–Kier alpha value is -4.18. The van der Waals surface area contributed by atoms with Gasteiger partial charge < -0.3 is 25.5 Å². The molecule has 4 N–H and O–H groups in total. The van der Waals surface area contributed by atoms with Gasteiger partial charge in [0.25, 0.3) is 5.91 Å². The number of aromatic nitrogens is 2. The molecule has 10 nitrogen and oxygen atoms in total. The summed E-state index contributed by atoms with van der Waals surface area (Å²) in [6.45, 7) is 7.22. The number of pyridine rings is 1. The van der Waals surface area contributed by atoms with Crippen molar-refractivity contribution in [3.05, 3.63) is 89.5 Å². The van der Waals surface area contributed by atoms with E-state index in [0.29, 0.717) is 31.5 Å². The highest BCUT2D eigenvalue weighted by Gasteiger charge is 2.24. The zero-order valence-corrected chi connectivity index (χ0v) is 22.6. The highest BCUT2D eigenvalue weighted by atomic mass is 16.6. The predicted molar refractivity (Wildman–Crippen MR) is 147 cm³/mol. The summed E-state index contributed by atoms with van der Waals surface area (Å²) < 4.78 is 5.57. The highest BCUT2D eigenvalue weighted by molar-refractivity contribution is 5.96. The van der Waals surface area contributed by atoms with Gasteiger partial charge in [-0.05, 0) is 82.1 Å². The van der Waals surface area contributed by atoms with Crippen molar-refractivity contribution >= 4 is 18.0 Å². The number of nitrogens with one attached hydrogen (secondary N) is 3. The first-order chi connectivity index (χ1) is 18.6. The second-order valence-electron chi connectivity index (χ2n) is 10.2. The van der Waals surface area contributed by atoms with Crippen LogP contribution in [-0.4, -0.2) is 56.1 Å². The number of benzene rings is 1. The summed E-state index contributed by atoms with van der Waals surface area (Å²) in [4.78, 5) is 46.3. The number of carboxylic acid groups (broad SMARTS) is 1. The third-order valence-corrected chi connectivity index (χ3v) is 5.75. The summed E-state index contributed by atoms with van der Waals surface area (Å²) in [5.41, 5.74) is 2.24. The maximum absolute atomic E-state index is 12.9. The largest absolute Gasteiger partial charge is 0.480 e. The minimum atomic E-state index is -1.08. The lowest BCUT2D eigenvalue weighted by Crippen LogP contribution is -2.41. The Bertz CT molecular complexity index is 1190. The molecule has 0 saturated carbocycles. The molecule has 0 bridgehead atoms. The van der Waals surface area contributed by atoms with Crippen LogP contribution in [0.2, 0.25) is 0 Å². The molecule has 3 aromatic rings. The summed E-state index contributed by atoms with van der Waals surface area (Å²) >= 11 is 0. The number of hydrogen-bond donors (Lipinski definition) is 4. The Kier molecular flexibility index (Phi) is 10.6. The van der Waals surface area contributed by atoms with Crippen LogP contribution in [0.1, 0.15) is 60.9 Å². The van der Waals surface area contributed by atoms with E-state index in [2.05, 4.69) is 20.6 Å². The maximum atomic E-state index is 12.9. The Labute approximate surface area is 228 Å². The molecule has 0 saturated heterocycles. The van der Waals surface area contributed by atoms with Crippen LogP contribution < -0.4 is 10.6 Å². The molecule has 0 fully saturated rings. The van der Waals surface area contributed by atoms with E-state index in [1.165, 1.54) is 0 Å². The predicted octanol–water partition coefficient (Wildman–Crippen LogP) is 4.10. The van der Waals surface area contributed by atoms with Crippen LogP contribution in [0.15, 0.2) is 67.0 Å². The molecule has 0 aliphatic carbocycles. The van der Waals surface area contributed by atoms with Crippen LogP contribution >= 0.6 is 0 Å². The zero-order valence-electron chi connectivity index (χ0n) is 22.6. The number of nitrogens with zero attached hydrogens (tertiary/aromatic N) is 2. The summed E-state index contributed by atoms with van der Waals surface area (Å²) in [5, 5.41) is 15.4. The molecular weight excluding hydrogens is 498 g/mol. The van der Waals surface area contributed by atoms with E-state index in [1.807, 2.05) is 57.3 Å². The van der Waals surface area contributed by atoms with Crippen molar-refractivity contribution in [1.29, 1.82) is 0 Å². The van der Waals surface area contributed by atoms with Crippen molar-refractivity contribution in [3.8, 4) is 0 Å². The smallest absolute Gasteiger partial charge is 0.410 e. The molecule has 2 amide bonds. The number of carbonyl (C=O) groups excluding carboxylic acids is 2. The molecule has 2 heterocycles. The van der Waals surface area contributed by atoms with Gasteiger partial charge in [0.2, 0.25) is 0 Å². The quantitative estimate of drug-likeness (QED) is 0.242. The molecule has 0 unspecified atom stereocenters. The fraction of sp³-hybridized carbons (Fsp3) is 0.379. The van der Waals surface area contributed by atoms with Crippen molar-refractivity contribution in [1.82, 2.24) is 25.5 Å². The van der Waals surface area contributed by atoms with Crippen molar-refractivity contribution < 1.29 is 24.2 Å². The lowest BCUT2D eigenvalue weighted by molar-refractivity contribution is -0.139. The highest BCUT2D eigenvalue weighted by Crippen LogP contribution is 2.16. The fourth-order valence-corrected chi connectivity index (χ4v) is 3.81. The molecule has 2 aromatic heterocycles. The summed E-state index contributed by atoms with van der Waals surface area (Å²) in [6.07, 6.45) is 3.93. The fourth-order valence-electron chi connectivity index (χ4n) is 3.81. The molecule has 39 heavy (non-hydrogen) atoms. The van der Waals surface area contributed by atoms with Crippen LogP contribution in [0.4, 0.5) is 4.79 Å². The van der Waals surface area contributed by atoms with E-state index in [9.17, 15) is 19.5 Å². The molecule has 208 valence electrons. The number of aromatic amines is 1. The van der Waals surface area contributed by atoms with Gasteiger partial charge >= 0.3 is 12.1 Å². The number of ether oxygens (including phenoxy) is 1. The zero-order chi connectivity index (χ0) is 28.3. The second kappa shape index (κ2) is 14.1. The molecule has 0 aliphatic heterocycles. The SMILES string of the molecule is CC(C)(C)OC(=O)N(Cc1ccc(C(=O)N[C@@H](CCCNCc2ccc[nH]2)C(=O)O)cc1)Cc1ccccn1. The number of carboxylic acids is 1. The van der Waals surface area contributed by atoms with Crippen LogP contribution in [0.3, 0.4) is 0 Å². The number of H-pyrrole nitrogens is 1. The number of aliphatic carboxylic acids is 1. The van der Waals surface area contributed by atoms with Crippen molar-refractivity contribution in [2.75, 3.05) is 6.54 Å². The van der Waals surface area contributed by atoms with Gasteiger partial charge in [-0.15, -0.1) is 0 Å². The van der Waals surface area contributed by atoms with E-state index in [4.69, 9.17) is 4.74 Å². The van der Waals surface area contributed by atoms with Crippen LogP contribution in [-0.2, 0) is 29.2 Å². The van der Waals surface area contributed by atoms with E-state index in [0.717, 1.165) is 17.0 Å². The Morgan fingerprint density at radius 2 is 1.82 bits per heavy atom. The molecule has 1 atom stereocenters. The van der Waals surface area contributed by atoms with Gasteiger partial charge in [0.15, 0.2) is 0 Å². The van der Waals surface area contributed by atoms with Gasteiger partial charge in [-0.2, -0.15) is 0 Å². The average molecular weight is 536 g/mol. The van der Waals surface area contributed by atoms with Crippen molar-refractivity contribution in [2.24, 2.45) is 0 Å². The first-order valence-electron chi connectivity index (χ1n) is 12.9. The van der Waals surface area contributed by atoms with Gasteiger partial charge in [0, 0.05) is 36.7 Å². The normalized spacial score (nSPS) is 12.0. The standard InChI is InChI=1S/C29H37N5O5/c1-29(2,3)39-28(38)34(20-24-8-4-5-16-32-24)19-21-11-13-22(14-12-21)26(35)33-25(27(36)37)10-7-15-30-18-23-9-6-17-31-23/h4-6,8-9,11-14,16-17,25,30-31H,7,10,15,18-20H2,1-3H3,(H,33,35)(H,36,37)/t25-/m0/s1. The van der Waals surface area contributed by atoms with Crippen molar-refractivity contribution in [3.63, 3.8) is 0 Å². The molecule has 1 aromatic carbocycles. The van der Waals surface area contributed by atoms with E-state index >= 15 is 0 Å². The number of rotatable bonds is 13. The van der Waals surface area contributed by atoms with E-state index < -0.39 is 29.6 Å². The Balaban J connectivity index is 1.56. The first kappa shape index (κ1) is 29.4. The van der Waals surface area contributed by atoms with Crippen LogP contribution in [0.25, 0.3) is 0 Å². The Morgan fingerprint density at radius 3 is 2.44 bits per heavy atom. The molecule has 0 spiro atoms. The minimum Gasteiger partial charge on any atom is -0.480 e. The van der Waals surface area contributed by atoms with Gasteiger partial charge in [0.1, 0.15) is 11.6 Å². The monoisotopic (exact) mass is 535 g/mol. The summed E-state index contributed by atoms with van der Waals surface area (Å²) in [7, 11) is 0. The third kappa shape index (κ3) is 10.2. The van der Waals surface area contributed by atoms with Gasteiger partial charge in [-0.1, -0.05) is 18.2 Å². The molecule has 10 heteroatoms. The molecule has 3 rings (SSSR count). The van der Waals surface area contributed by atoms with Crippen LogP contribution in [0, 0.1) is 0 Å². The van der Waals surface area contributed by atoms with Gasteiger partial charge in [-0.25, -0.2) is 9.59 Å². The minimum absolute atomic E-state index is 0.251. The van der Waals surface area contributed by atoms with Gasteiger partial charge in [-0.3, -0.25) is 14.7 Å². The van der Waals surface area contributed by atoms with E-state index in [-0.39, 0.29) is 13.1 Å². The number of amides is 2. The maximum Gasteiger partial charge on any atom is 0.410 e.